The van der Waals surface area contributed by atoms with Gasteiger partial charge in [-0.25, -0.2) is 9.18 Å². The van der Waals surface area contributed by atoms with Crippen molar-refractivity contribution in [3.05, 3.63) is 70.5 Å². The molecule has 0 radical (unpaired) electrons. The van der Waals surface area contributed by atoms with Crippen molar-refractivity contribution in [1.29, 1.82) is 5.26 Å². The zero-order chi connectivity index (χ0) is 21.1. The maximum absolute atomic E-state index is 13.1. The van der Waals surface area contributed by atoms with Crippen molar-refractivity contribution in [2.45, 2.75) is 20.0 Å². The van der Waals surface area contributed by atoms with Gasteiger partial charge in [-0.05, 0) is 44.2 Å². The molecule has 2 heterocycles. The maximum atomic E-state index is 13.1. The van der Waals surface area contributed by atoms with E-state index in [0.717, 1.165) is 12.1 Å². The van der Waals surface area contributed by atoms with Crippen LogP contribution in [0.5, 0.6) is 0 Å². The molecule has 0 aliphatic carbocycles. The number of aryl methyl sites for hydroxylation is 1. The Hall–Kier alpha value is -3.57. The quantitative estimate of drug-likeness (QED) is 0.629. The van der Waals surface area contributed by atoms with Gasteiger partial charge in [0.15, 0.2) is 6.10 Å². The fourth-order valence-electron chi connectivity index (χ4n) is 2.63. The molecule has 29 heavy (non-hydrogen) atoms. The van der Waals surface area contributed by atoms with E-state index in [1.165, 1.54) is 19.9 Å². The summed E-state index contributed by atoms with van der Waals surface area (Å²) in [5.74, 6) is -1.74. The molecule has 1 aromatic carbocycles. The van der Waals surface area contributed by atoms with E-state index < -0.39 is 23.8 Å². The summed E-state index contributed by atoms with van der Waals surface area (Å²) in [6.07, 6.45) is 2.12. The van der Waals surface area contributed by atoms with Gasteiger partial charge in [0.25, 0.3) is 5.91 Å². The number of rotatable bonds is 5. The van der Waals surface area contributed by atoms with Crippen LogP contribution in [0.2, 0.25) is 5.02 Å². The van der Waals surface area contributed by atoms with Crippen LogP contribution in [0.4, 0.5) is 10.1 Å². The lowest BCUT2D eigenvalue weighted by Crippen LogP contribution is -2.30. The second-order valence-corrected chi connectivity index (χ2v) is 6.48. The van der Waals surface area contributed by atoms with E-state index in [1.807, 2.05) is 6.07 Å². The maximum Gasteiger partial charge on any atom is 0.343 e. The molecule has 0 aliphatic rings. The molecule has 2 aromatic heterocycles. The molecule has 0 spiro atoms. The van der Waals surface area contributed by atoms with Crippen LogP contribution in [0.15, 0.2) is 47.1 Å². The highest BCUT2D eigenvalue weighted by molar-refractivity contribution is 6.33. The minimum atomic E-state index is -1.21. The number of furan rings is 1. The van der Waals surface area contributed by atoms with Gasteiger partial charge >= 0.3 is 5.97 Å². The van der Waals surface area contributed by atoms with Gasteiger partial charge in [0.2, 0.25) is 5.88 Å². The first-order valence-corrected chi connectivity index (χ1v) is 8.83. The lowest BCUT2D eigenvalue weighted by Gasteiger charge is -2.14. The van der Waals surface area contributed by atoms with Crippen LogP contribution in [0.1, 0.15) is 28.6 Å². The van der Waals surface area contributed by atoms with Gasteiger partial charge in [-0.15, -0.1) is 0 Å². The normalized spacial score (nSPS) is 11.6. The third-order valence-electron chi connectivity index (χ3n) is 4.06. The third-order valence-corrected chi connectivity index (χ3v) is 4.38. The van der Waals surface area contributed by atoms with E-state index in [2.05, 4.69) is 5.32 Å². The minimum Gasteiger partial charge on any atom is -0.449 e. The summed E-state index contributed by atoms with van der Waals surface area (Å²) in [6, 6.07) is 8.89. The number of halogens is 2. The van der Waals surface area contributed by atoms with Crippen molar-refractivity contribution in [1.82, 2.24) is 4.57 Å². The summed E-state index contributed by atoms with van der Waals surface area (Å²) in [7, 11) is 0. The fraction of sp³-hybridized carbons (Fsp3) is 0.150. The van der Waals surface area contributed by atoms with Crippen molar-refractivity contribution >= 4 is 29.2 Å². The molecule has 0 saturated carbocycles. The Balaban J connectivity index is 1.78. The topological polar surface area (TPSA) is 97.3 Å². The van der Waals surface area contributed by atoms with Gasteiger partial charge in [-0.2, -0.15) is 5.26 Å². The number of anilines is 1. The zero-order valence-electron chi connectivity index (χ0n) is 15.4. The molecule has 3 rings (SSSR count). The number of esters is 1. The number of aromatic nitrogens is 1. The molecule has 0 aliphatic heterocycles. The molecule has 1 N–H and O–H groups in total. The molecule has 0 fully saturated rings. The van der Waals surface area contributed by atoms with Crippen LogP contribution in [-0.4, -0.2) is 22.5 Å². The molecule has 1 amide bonds. The van der Waals surface area contributed by atoms with E-state index >= 15 is 0 Å². The van der Waals surface area contributed by atoms with Gasteiger partial charge < -0.3 is 14.5 Å². The van der Waals surface area contributed by atoms with Crippen LogP contribution in [0.25, 0.3) is 5.88 Å². The Morgan fingerprint density at radius 3 is 2.66 bits per heavy atom. The minimum absolute atomic E-state index is 0.00196. The third kappa shape index (κ3) is 4.15. The SMILES string of the molecule is Cc1oc(-n2cccc2)c(C#N)c1C(=O)O[C@H](C)C(=O)Nc1ccc(F)cc1Cl. The summed E-state index contributed by atoms with van der Waals surface area (Å²) in [6.45, 7) is 2.88. The van der Waals surface area contributed by atoms with Gasteiger partial charge in [-0.3, -0.25) is 9.36 Å². The average molecular weight is 416 g/mol. The van der Waals surface area contributed by atoms with Crippen molar-refractivity contribution in [3.8, 4) is 12.0 Å². The molecule has 7 nitrogen and oxygen atoms in total. The Bertz CT molecular complexity index is 1120. The molecule has 3 aromatic rings. The number of carbonyl (C=O) groups excluding carboxylic acids is 2. The molecule has 9 heteroatoms. The monoisotopic (exact) mass is 415 g/mol. The summed E-state index contributed by atoms with van der Waals surface area (Å²) < 4.78 is 25.4. The Kier molecular flexibility index (Phi) is 5.71. The number of hydrogen-bond donors (Lipinski definition) is 1. The van der Waals surface area contributed by atoms with Crippen LogP contribution in [0, 0.1) is 24.1 Å². The second kappa shape index (κ2) is 8.20. The highest BCUT2D eigenvalue weighted by atomic mass is 35.5. The number of nitrogens with zero attached hydrogens (tertiary/aromatic N) is 2. The second-order valence-electron chi connectivity index (χ2n) is 6.08. The number of ether oxygens (including phenoxy) is 1. The summed E-state index contributed by atoms with van der Waals surface area (Å²) in [5.41, 5.74) is 0.113. The highest BCUT2D eigenvalue weighted by Gasteiger charge is 2.28. The number of nitriles is 1. The molecule has 1 atom stereocenters. The van der Waals surface area contributed by atoms with Gasteiger partial charge in [-0.1, -0.05) is 11.6 Å². The lowest BCUT2D eigenvalue weighted by atomic mass is 10.1. The molecule has 0 unspecified atom stereocenters. The number of hydrogen-bond acceptors (Lipinski definition) is 5. The molecule has 148 valence electrons. The lowest BCUT2D eigenvalue weighted by molar-refractivity contribution is -0.123. The predicted octanol–water partition coefficient (Wildman–Crippen LogP) is 4.23. The van der Waals surface area contributed by atoms with Gasteiger partial charge in [0, 0.05) is 12.4 Å². The fourth-order valence-corrected chi connectivity index (χ4v) is 2.84. The van der Waals surface area contributed by atoms with Crippen LogP contribution >= 0.6 is 11.6 Å². The van der Waals surface area contributed by atoms with E-state index in [9.17, 15) is 19.2 Å². The van der Waals surface area contributed by atoms with Crippen LogP contribution in [-0.2, 0) is 9.53 Å². The molecular formula is C20H15ClFN3O4. The van der Waals surface area contributed by atoms with Gasteiger partial charge in [0.1, 0.15) is 28.8 Å². The van der Waals surface area contributed by atoms with Crippen molar-refractivity contribution in [2.24, 2.45) is 0 Å². The first-order valence-electron chi connectivity index (χ1n) is 8.45. The predicted molar refractivity (Wildman–Crippen MR) is 102 cm³/mol. The highest BCUT2D eigenvalue weighted by Crippen LogP contribution is 2.27. The smallest absolute Gasteiger partial charge is 0.343 e. The van der Waals surface area contributed by atoms with Gasteiger partial charge in [0.05, 0.1) is 10.7 Å². The molecule has 0 bridgehead atoms. The molecular weight excluding hydrogens is 401 g/mol. The largest absolute Gasteiger partial charge is 0.449 e. The van der Waals surface area contributed by atoms with Crippen molar-refractivity contribution < 1.29 is 23.1 Å². The van der Waals surface area contributed by atoms with E-state index in [-0.39, 0.29) is 33.5 Å². The van der Waals surface area contributed by atoms with Crippen LogP contribution < -0.4 is 5.32 Å². The Labute approximate surface area is 170 Å². The zero-order valence-corrected chi connectivity index (χ0v) is 16.2. The Morgan fingerprint density at radius 1 is 1.34 bits per heavy atom. The summed E-state index contributed by atoms with van der Waals surface area (Å²) >= 11 is 5.88. The average Bonchev–Trinajstić information content (AvgIpc) is 3.30. The van der Waals surface area contributed by atoms with Crippen molar-refractivity contribution in [2.75, 3.05) is 5.32 Å². The van der Waals surface area contributed by atoms with Crippen LogP contribution in [0.3, 0.4) is 0 Å². The van der Waals surface area contributed by atoms with Crippen molar-refractivity contribution in [3.63, 3.8) is 0 Å². The van der Waals surface area contributed by atoms with E-state index in [4.69, 9.17) is 20.8 Å². The summed E-state index contributed by atoms with van der Waals surface area (Å²) in [4.78, 5) is 24.9. The Morgan fingerprint density at radius 2 is 2.03 bits per heavy atom. The number of amides is 1. The summed E-state index contributed by atoms with van der Waals surface area (Å²) in [5, 5.41) is 12.0. The first-order chi connectivity index (χ1) is 13.8. The number of benzene rings is 1. The standard InChI is InChI=1S/C20H15ClFN3O4/c1-11-17(14(10-23)19(28-11)25-7-3-4-8-25)20(27)29-12(2)18(26)24-16-6-5-13(22)9-15(16)21/h3-9,12H,1-2H3,(H,24,26)/t12-/m1/s1. The van der Waals surface area contributed by atoms with E-state index in [1.54, 1.807) is 29.1 Å². The molecule has 0 saturated heterocycles. The van der Waals surface area contributed by atoms with E-state index in [0.29, 0.717) is 0 Å². The first kappa shape index (κ1) is 20.2. The number of carbonyl (C=O) groups is 2. The number of nitrogens with one attached hydrogen (secondary N) is 1.